The number of hydrogen-bond acceptors (Lipinski definition) is 1. The molecule has 0 fully saturated rings. The zero-order valence-corrected chi connectivity index (χ0v) is 13.3. The molecule has 1 rings (SSSR count). The summed E-state index contributed by atoms with van der Waals surface area (Å²) in [6, 6.07) is 3.06. The van der Waals surface area contributed by atoms with Crippen molar-refractivity contribution >= 4 is 37.8 Å². The van der Waals surface area contributed by atoms with Gasteiger partial charge in [0, 0.05) is 23.4 Å². The highest BCUT2D eigenvalue weighted by molar-refractivity contribution is 9.10. The molecule has 106 valence electrons. The second-order valence-electron chi connectivity index (χ2n) is 3.96. The van der Waals surface area contributed by atoms with Crippen molar-refractivity contribution in [2.24, 2.45) is 0 Å². The molecule has 2 nitrogen and oxygen atoms in total. The SMILES string of the molecule is CN(CCCBr)C(=O)c1cc(C(F)(F)F)ccc1Br. The molecule has 0 aliphatic carbocycles. The molecule has 0 aliphatic heterocycles. The Morgan fingerprint density at radius 1 is 1.37 bits per heavy atom. The lowest BCUT2D eigenvalue weighted by Crippen LogP contribution is -2.28. The van der Waals surface area contributed by atoms with Crippen LogP contribution in [0.1, 0.15) is 22.3 Å². The molecular weight excluding hydrogens is 391 g/mol. The Hall–Kier alpha value is -0.560. The number of amides is 1. The fraction of sp³-hybridized carbons (Fsp3) is 0.417. The lowest BCUT2D eigenvalue weighted by molar-refractivity contribution is -0.137. The van der Waals surface area contributed by atoms with E-state index in [2.05, 4.69) is 31.9 Å². The third-order valence-corrected chi connectivity index (χ3v) is 3.75. The number of rotatable bonds is 4. The van der Waals surface area contributed by atoms with Gasteiger partial charge in [0.15, 0.2) is 0 Å². The maximum absolute atomic E-state index is 12.6. The Balaban J connectivity index is 3.02. The van der Waals surface area contributed by atoms with Gasteiger partial charge >= 0.3 is 6.18 Å². The quantitative estimate of drug-likeness (QED) is 0.686. The van der Waals surface area contributed by atoms with Crippen molar-refractivity contribution in [3.05, 3.63) is 33.8 Å². The maximum Gasteiger partial charge on any atom is 0.416 e. The van der Waals surface area contributed by atoms with Crippen molar-refractivity contribution in [1.29, 1.82) is 0 Å². The highest BCUT2D eigenvalue weighted by atomic mass is 79.9. The van der Waals surface area contributed by atoms with Crippen LogP contribution in [0.3, 0.4) is 0 Å². The molecule has 1 aromatic carbocycles. The number of halogens is 5. The van der Waals surface area contributed by atoms with Gasteiger partial charge in [0.25, 0.3) is 5.91 Å². The molecule has 1 amide bonds. The molecule has 0 bridgehead atoms. The van der Waals surface area contributed by atoms with Crippen molar-refractivity contribution in [3.8, 4) is 0 Å². The Morgan fingerprint density at radius 2 is 2.00 bits per heavy atom. The highest BCUT2D eigenvalue weighted by Gasteiger charge is 2.31. The summed E-state index contributed by atoms with van der Waals surface area (Å²) in [6.45, 7) is 0.479. The van der Waals surface area contributed by atoms with Crippen LogP contribution in [0.15, 0.2) is 22.7 Å². The van der Waals surface area contributed by atoms with Crippen LogP contribution in [0, 0.1) is 0 Å². The molecule has 0 spiro atoms. The summed E-state index contributed by atoms with van der Waals surface area (Å²) in [4.78, 5) is 13.5. The monoisotopic (exact) mass is 401 g/mol. The molecule has 0 saturated carbocycles. The van der Waals surface area contributed by atoms with Gasteiger partial charge in [-0.2, -0.15) is 13.2 Å². The zero-order valence-electron chi connectivity index (χ0n) is 10.1. The Labute approximate surface area is 126 Å². The van der Waals surface area contributed by atoms with Crippen molar-refractivity contribution < 1.29 is 18.0 Å². The normalized spacial score (nSPS) is 11.5. The van der Waals surface area contributed by atoms with E-state index in [4.69, 9.17) is 0 Å². The van der Waals surface area contributed by atoms with Gasteiger partial charge < -0.3 is 4.90 Å². The van der Waals surface area contributed by atoms with Crippen molar-refractivity contribution in [1.82, 2.24) is 4.90 Å². The van der Waals surface area contributed by atoms with Gasteiger partial charge in [-0.15, -0.1) is 0 Å². The number of hydrogen-bond donors (Lipinski definition) is 0. The summed E-state index contributed by atoms with van der Waals surface area (Å²) < 4.78 is 38.2. The second kappa shape index (κ2) is 6.74. The average molecular weight is 403 g/mol. The number of carbonyl (C=O) groups is 1. The van der Waals surface area contributed by atoms with Crippen LogP contribution < -0.4 is 0 Å². The molecule has 0 saturated heterocycles. The first-order valence-corrected chi connectivity index (χ1v) is 7.37. The summed E-state index contributed by atoms with van der Waals surface area (Å²) in [7, 11) is 1.57. The molecule has 0 radical (unpaired) electrons. The molecule has 7 heteroatoms. The second-order valence-corrected chi connectivity index (χ2v) is 5.61. The summed E-state index contributed by atoms with van der Waals surface area (Å²) in [5, 5.41) is 0.731. The number of carbonyl (C=O) groups excluding carboxylic acids is 1. The van der Waals surface area contributed by atoms with Gasteiger partial charge in [0.05, 0.1) is 11.1 Å². The van der Waals surface area contributed by atoms with Gasteiger partial charge in [-0.25, -0.2) is 0 Å². The first-order valence-electron chi connectivity index (χ1n) is 5.45. The summed E-state index contributed by atoms with van der Waals surface area (Å²) in [5.41, 5.74) is -0.806. The smallest absolute Gasteiger partial charge is 0.342 e. The van der Waals surface area contributed by atoms with Gasteiger partial charge in [-0.05, 0) is 40.5 Å². The summed E-state index contributed by atoms with van der Waals surface area (Å²) in [5.74, 6) is -0.432. The van der Waals surface area contributed by atoms with Crippen molar-refractivity contribution in [2.45, 2.75) is 12.6 Å². The molecule has 1 aromatic rings. The minimum absolute atomic E-state index is 0.0203. The first kappa shape index (κ1) is 16.5. The van der Waals surface area contributed by atoms with Crippen LogP contribution >= 0.6 is 31.9 Å². The van der Waals surface area contributed by atoms with E-state index in [0.29, 0.717) is 11.0 Å². The molecule has 0 aromatic heterocycles. The van der Waals surface area contributed by atoms with E-state index in [0.717, 1.165) is 23.9 Å². The third-order valence-electron chi connectivity index (χ3n) is 2.50. The molecule has 0 heterocycles. The fourth-order valence-electron chi connectivity index (χ4n) is 1.47. The predicted octanol–water partition coefficient (Wildman–Crippen LogP) is 4.32. The fourth-order valence-corrected chi connectivity index (χ4v) is 2.14. The standard InChI is InChI=1S/C12H12Br2F3NO/c1-18(6-2-5-13)11(19)9-7-8(12(15,16)17)3-4-10(9)14/h3-4,7H,2,5-6H2,1H3. The van der Waals surface area contributed by atoms with E-state index in [1.54, 1.807) is 7.05 Å². The van der Waals surface area contributed by atoms with Gasteiger partial charge in [-0.3, -0.25) is 4.79 Å². The highest BCUT2D eigenvalue weighted by Crippen LogP contribution is 2.32. The molecule has 0 N–H and O–H groups in total. The molecular formula is C12H12Br2F3NO. The zero-order chi connectivity index (χ0) is 14.6. The molecule has 0 aliphatic rings. The number of alkyl halides is 4. The van der Waals surface area contributed by atoms with Crippen LogP contribution in [0.4, 0.5) is 13.2 Å². The number of benzene rings is 1. The van der Waals surface area contributed by atoms with E-state index in [1.807, 2.05) is 0 Å². The number of nitrogens with zero attached hydrogens (tertiary/aromatic N) is 1. The topological polar surface area (TPSA) is 20.3 Å². The van der Waals surface area contributed by atoms with Crippen LogP contribution in [-0.4, -0.2) is 29.7 Å². The van der Waals surface area contributed by atoms with Gasteiger partial charge in [0.1, 0.15) is 0 Å². The largest absolute Gasteiger partial charge is 0.416 e. The molecule has 0 unspecified atom stereocenters. The van der Waals surface area contributed by atoms with Crippen LogP contribution in [-0.2, 0) is 6.18 Å². The van der Waals surface area contributed by atoms with E-state index < -0.39 is 17.6 Å². The minimum atomic E-state index is -4.45. The lowest BCUT2D eigenvalue weighted by atomic mass is 10.1. The average Bonchev–Trinajstić information content (AvgIpc) is 2.34. The van der Waals surface area contributed by atoms with Crippen LogP contribution in [0.5, 0.6) is 0 Å². The van der Waals surface area contributed by atoms with E-state index >= 15 is 0 Å². The molecule has 19 heavy (non-hydrogen) atoms. The Morgan fingerprint density at radius 3 is 2.53 bits per heavy atom. The third kappa shape index (κ3) is 4.49. The first-order chi connectivity index (χ1) is 8.77. The van der Waals surface area contributed by atoms with Gasteiger partial charge in [-0.1, -0.05) is 15.9 Å². The van der Waals surface area contributed by atoms with E-state index in [-0.39, 0.29) is 5.56 Å². The van der Waals surface area contributed by atoms with Crippen LogP contribution in [0.25, 0.3) is 0 Å². The summed E-state index contributed by atoms with van der Waals surface area (Å²) >= 11 is 6.35. The van der Waals surface area contributed by atoms with Crippen molar-refractivity contribution in [3.63, 3.8) is 0 Å². The van der Waals surface area contributed by atoms with Crippen molar-refractivity contribution in [2.75, 3.05) is 18.9 Å². The predicted molar refractivity (Wildman–Crippen MR) is 74.5 cm³/mol. The minimum Gasteiger partial charge on any atom is -0.342 e. The van der Waals surface area contributed by atoms with E-state index in [1.165, 1.54) is 11.0 Å². The molecule has 0 atom stereocenters. The summed E-state index contributed by atoms with van der Waals surface area (Å²) in [6.07, 6.45) is -3.72. The lowest BCUT2D eigenvalue weighted by Gasteiger charge is -2.18. The Kier molecular flexibility index (Phi) is 5.85. The van der Waals surface area contributed by atoms with E-state index in [9.17, 15) is 18.0 Å². The Bertz CT molecular complexity index is 463. The van der Waals surface area contributed by atoms with Crippen LogP contribution in [0.2, 0.25) is 0 Å². The van der Waals surface area contributed by atoms with Gasteiger partial charge in [0.2, 0.25) is 0 Å². The maximum atomic E-state index is 12.6.